The number of aromatic nitrogens is 2. The largest absolute Gasteiger partial charge is 0.457 e. The van der Waals surface area contributed by atoms with Crippen LogP contribution in [0.2, 0.25) is 0 Å². The van der Waals surface area contributed by atoms with E-state index in [-0.39, 0.29) is 30.4 Å². The molecule has 1 saturated heterocycles. The Bertz CT molecular complexity index is 1240. The van der Waals surface area contributed by atoms with Gasteiger partial charge in [0, 0.05) is 57.3 Å². The van der Waals surface area contributed by atoms with Gasteiger partial charge in [-0.05, 0) is 48.7 Å². The van der Waals surface area contributed by atoms with Gasteiger partial charge in [0.15, 0.2) is 0 Å². The van der Waals surface area contributed by atoms with Crippen molar-refractivity contribution in [3.05, 3.63) is 77.6 Å². The highest BCUT2D eigenvalue weighted by atomic mass is 16.5. The quantitative estimate of drug-likeness (QED) is 0.554. The third kappa shape index (κ3) is 6.99. The average Bonchev–Trinajstić information content (AvgIpc) is 3.53. The third-order valence-corrected chi connectivity index (χ3v) is 6.94. The van der Waals surface area contributed by atoms with E-state index in [1.54, 1.807) is 0 Å². The zero-order chi connectivity index (χ0) is 26.3. The van der Waals surface area contributed by atoms with Crippen LogP contribution in [-0.4, -0.2) is 58.3 Å². The normalized spacial score (nSPS) is 21.3. The van der Waals surface area contributed by atoms with Crippen LogP contribution in [0.15, 0.2) is 60.9 Å². The van der Waals surface area contributed by atoms with Crippen LogP contribution < -0.4 is 15.4 Å². The number of nitrogens with zero attached hydrogens (tertiary/aromatic N) is 3. The van der Waals surface area contributed by atoms with Gasteiger partial charge in [-0.1, -0.05) is 24.3 Å². The van der Waals surface area contributed by atoms with Crippen LogP contribution in [0.1, 0.15) is 36.5 Å². The lowest BCUT2D eigenvalue weighted by atomic mass is 10.1. The van der Waals surface area contributed by atoms with E-state index in [0.29, 0.717) is 39.1 Å². The van der Waals surface area contributed by atoms with Gasteiger partial charge in [-0.2, -0.15) is 5.10 Å². The van der Waals surface area contributed by atoms with Crippen LogP contribution in [0.25, 0.3) is 0 Å². The molecule has 0 aliphatic carbocycles. The standard InChI is InChI=1S/C29H35N5O4/c1-2-34-17-23(15-31-34)16-33-18-26-27(19-33)37-20-22-4-3-5-25(14-22)38-24-9-6-21(7-10-24)8-11-28(35)30-13-12-29(36)32-26/h3-7,9-10,14-15,17,26-27H,2,8,11-13,16,18-20H2,1H3,(H,30,35)(H,32,36)/t26-,27-/m0/s1. The first-order valence-corrected chi connectivity index (χ1v) is 13.3. The van der Waals surface area contributed by atoms with E-state index in [0.717, 1.165) is 41.3 Å². The van der Waals surface area contributed by atoms with Crippen LogP contribution in [-0.2, 0) is 40.4 Å². The summed E-state index contributed by atoms with van der Waals surface area (Å²) in [5, 5.41) is 10.4. The van der Waals surface area contributed by atoms with Gasteiger partial charge >= 0.3 is 0 Å². The van der Waals surface area contributed by atoms with Crippen LogP contribution in [0, 0.1) is 0 Å². The molecule has 3 aliphatic rings. The molecule has 38 heavy (non-hydrogen) atoms. The maximum Gasteiger partial charge on any atom is 0.222 e. The van der Waals surface area contributed by atoms with E-state index in [4.69, 9.17) is 9.47 Å². The van der Waals surface area contributed by atoms with Gasteiger partial charge in [-0.15, -0.1) is 0 Å². The van der Waals surface area contributed by atoms with Gasteiger partial charge in [-0.25, -0.2) is 0 Å². The van der Waals surface area contributed by atoms with Crippen molar-refractivity contribution in [1.82, 2.24) is 25.3 Å². The van der Waals surface area contributed by atoms with Crippen molar-refractivity contribution < 1.29 is 19.1 Å². The van der Waals surface area contributed by atoms with Crippen molar-refractivity contribution in [2.45, 2.75) is 58.0 Å². The number of hydrogen-bond acceptors (Lipinski definition) is 6. The Morgan fingerprint density at radius 3 is 2.66 bits per heavy atom. The Morgan fingerprint density at radius 2 is 1.84 bits per heavy atom. The summed E-state index contributed by atoms with van der Waals surface area (Å²) in [6, 6.07) is 15.5. The fourth-order valence-corrected chi connectivity index (χ4v) is 4.91. The third-order valence-electron chi connectivity index (χ3n) is 6.94. The topological polar surface area (TPSA) is 97.7 Å². The number of rotatable bonds is 3. The maximum absolute atomic E-state index is 12.8. The summed E-state index contributed by atoms with van der Waals surface area (Å²) in [4.78, 5) is 27.4. The van der Waals surface area contributed by atoms with Gasteiger partial charge < -0.3 is 20.1 Å². The first-order chi connectivity index (χ1) is 18.5. The van der Waals surface area contributed by atoms with Crippen molar-refractivity contribution in [2.24, 2.45) is 0 Å². The van der Waals surface area contributed by atoms with E-state index < -0.39 is 0 Å². The first-order valence-electron chi connectivity index (χ1n) is 13.3. The lowest BCUT2D eigenvalue weighted by Crippen LogP contribution is -2.44. The van der Waals surface area contributed by atoms with Gasteiger partial charge in [0.25, 0.3) is 0 Å². The Kier molecular flexibility index (Phi) is 8.35. The molecule has 0 radical (unpaired) electrons. The van der Waals surface area contributed by atoms with E-state index in [2.05, 4.69) is 33.8 Å². The summed E-state index contributed by atoms with van der Waals surface area (Å²) in [5.41, 5.74) is 3.19. The second-order valence-corrected chi connectivity index (χ2v) is 9.92. The number of hydrogen-bond donors (Lipinski definition) is 2. The molecular weight excluding hydrogens is 482 g/mol. The highest BCUT2D eigenvalue weighted by molar-refractivity contribution is 5.79. The number of amides is 2. The SMILES string of the molecule is CCn1cc(CN2C[C@@H]3NC(=O)CCNC(=O)CCc4ccc(cc4)Oc4cccc(c4)CO[C@H]3C2)cn1. The van der Waals surface area contributed by atoms with E-state index in [1.165, 1.54) is 0 Å². The molecule has 0 saturated carbocycles. The summed E-state index contributed by atoms with van der Waals surface area (Å²) >= 11 is 0. The summed E-state index contributed by atoms with van der Waals surface area (Å²) < 4.78 is 14.3. The lowest BCUT2D eigenvalue weighted by Gasteiger charge is -2.21. The molecule has 2 atom stereocenters. The number of fused-ring (bicyclic) bond motifs is 10. The molecular formula is C29H35N5O4. The molecule has 4 heterocycles. The molecule has 4 bridgehead atoms. The average molecular weight is 518 g/mol. The minimum atomic E-state index is -0.169. The van der Waals surface area contributed by atoms with Crippen molar-refractivity contribution in [3.63, 3.8) is 0 Å². The number of benzene rings is 2. The maximum atomic E-state index is 12.8. The molecule has 0 spiro atoms. The zero-order valence-corrected chi connectivity index (χ0v) is 21.8. The molecule has 200 valence electrons. The first kappa shape index (κ1) is 25.9. The number of ether oxygens (including phenoxy) is 2. The van der Waals surface area contributed by atoms with Crippen LogP contribution in [0.5, 0.6) is 11.5 Å². The van der Waals surface area contributed by atoms with Crippen LogP contribution in [0.4, 0.5) is 0 Å². The van der Waals surface area contributed by atoms with Gasteiger partial charge in [0.05, 0.1) is 24.9 Å². The van der Waals surface area contributed by atoms with Crippen molar-refractivity contribution in [1.29, 1.82) is 0 Å². The predicted molar refractivity (Wildman–Crippen MR) is 143 cm³/mol. The molecule has 2 amide bonds. The minimum Gasteiger partial charge on any atom is -0.457 e. The Balaban J connectivity index is 1.31. The molecule has 1 fully saturated rings. The van der Waals surface area contributed by atoms with E-state index >= 15 is 0 Å². The van der Waals surface area contributed by atoms with Crippen LogP contribution in [0.3, 0.4) is 0 Å². The highest BCUT2D eigenvalue weighted by Crippen LogP contribution is 2.24. The number of aryl methyl sites for hydroxylation is 2. The van der Waals surface area contributed by atoms with E-state index in [1.807, 2.05) is 59.4 Å². The second-order valence-electron chi connectivity index (χ2n) is 9.92. The smallest absolute Gasteiger partial charge is 0.222 e. The number of nitrogens with one attached hydrogen (secondary N) is 2. The highest BCUT2D eigenvalue weighted by Gasteiger charge is 2.34. The molecule has 9 heteroatoms. The number of carbonyl (C=O) groups is 2. The summed E-state index contributed by atoms with van der Waals surface area (Å²) in [6.07, 6.45) is 5.00. The molecule has 3 aromatic rings. The molecule has 9 nitrogen and oxygen atoms in total. The van der Waals surface area contributed by atoms with Crippen LogP contribution >= 0.6 is 0 Å². The van der Waals surface area contributed by atoms with E-state index in [9.17, 15) is 9.59 Å². The summed E-state index contributed by atoms with van der Waals surface area (Å²) in [5.74, 6) is 1.32. The molecule has 3 aliphatic heterocycles. The lowest BCUT2D eigenvalue weighted by molar-refractivity contribution is -0.123. The fraction of sp³-hybridized carbons (Fsp3) is 0.414. The number of carbonyl (C=O) groups excluding carboxylic acids is 2. The number of likely N-dealkylation sites (tertiary alicyclic amines) is 1. The van der Waals surface area contributed by atoms with Crippen molar-refractivity contribution in [2.75, 3.05) is 19.6 Å². The zero-order valence-electron chi connectivity index (χ0n) is 21.8. The summed E-state index contributed by atoms with van der Waals surface area (Å²) in [6.45, 7) is 5.72. The summed E-state index contributed by atoms with van der Waals surface area (Å²) in [7, 11) is 0. The van der Waals surface area contributed by atoms with Gasteiger partial charge in [0.1, 0.15) is 11.5 Å². The fourth-order valence-electron chi connectivity index (χ4n) is 4.91. The molecule has 2 N–H and O–H groups in total. The van der Waals surface area contributed by atoms with Gasteiger partial charge in [-0.3, -0.25) is 19.2 Å². The molecule has 2 aromatic carbocycles. The second kappa shape index (κ2) is 12.2. The molecule has 1 aromatic heterocycles. The Labute approximate surface area is 223 Å². The Hall–Kier alpha value is -3.69. The monoisotopic (exact) mass is 517 g/mol. The van der Waals surface area contributed by atoms with Crippen molar-refractivity contribution >= 4 is 11.8 Å². The van der Waals surface area contributed by atoms with Crippen molar-refractivity contribution in [3.8, 4) is 11.5 Å². The Morgan fingerprint density at radius 1 is 0.974 bits per heavy atom. The van der Waals surface area contributed by atoms with Gasteiger partial charge in [0.2, 0.25) is 11.8 Å². The minimum absolute atomic E-state index is 0.0646. The predicted octanol–water partition coefficient (Wildman–Crippen LogP) is 3.03. The molecule has 6 rings (SSSR count). The molecule has 0 unspecified atom stereocenters.